The van der Waals surface area contributed by atoms with E-state index in [4.69, 9.17) is 25.4 Å². The van der Waals surface area contributed by atoms with Crippen molar-refractivity contribution >= 4 is 11.9 Å². The third kappa shape index (κ3) is 4.72. The first-order valence-corrected chi connectivity index (χ1v) is 12.6. The van der Waals surface area contributed by atoms with Crippen LogP contribution < -0.4 is 20.3 Å². The zero-order chi connectivity index (χ0) is 24.9. The fraction of sp³-hybridized carbons (Fsp3) is 0.667. The Bertz CT molecular complexity index is 983. The highest BCUT2D eigenvalue weighted by atomic mass is 16.5. The monoisotopic (exact) mass is 466 g/mol. The van der Waals surface area contributed by atoms with Gasteiger partial charge in [0.25, 0.3) is 0 Å². The molecule has 0 unspecified atom stereocenters. The van der Waals surface area contributed by atoms with Gasteiger partial charge in [-0.25, -0.2) is 0 Å². The van der Waals surface area contributed by atoms with Gasteiger partial charge in [-0.3, -0.25) is 0 Å². The van der Waals surface area contributed by atoms with E-state index in [9.17, 15) is 0 Å². The van der Waals surface area contributed by atoms with Crippen LogP contribution in [0.1, 0.15) is 87.5 Å². The highest BCUT2D eigenvalue weighted by Gasteiger charge is 2.47. The summed E-state index contributed by atoms with van der Waals surface area (Å²) in [7, 11) is 0. The number of rotatable bonds is 4. The van der Waals surface area contributed by atoms with Crippen LogP contribution in [0.5, 0.6) is 11.8 Å². The normalized spacial score (nSPS) is 23.6. The molecule has 0 amide bonds. The molecule has 3 heterocycles. The Morgan fingerprint density at radius 2 is 1.21 bits per heavy atom. The summed E-state index contributed by atoms with van der Waals surface area (Å²) in [6.07, 6.45) is 5.09. The van der Waals surface area contributed by atoms with Gasteiger partial charge in [0, 0.05) is 28.2 Å². The first kappa shape index (κ1) is 24.7. The van der Waals surface area contributed by atoms with Crippen molar-refractivity contribution in [3.8, 4) is 11.8 Å². The summed E-state index contributed by atoms with van der Waals surface area (Å²) >= 11 is 0. The van der Waals surface area contributed by atoms with Gasteiger partial charge in [-0.1, -0.05) is 18.2 Å². The molecule has 34 heavy (non-hydrogen) atoms. The molecule has 2 N–H and O–H groups in total. The first-order valence-electron chi connectivity index (χ1n) is 12.6. The van der Waals surface area contributed by atoms with E-state index in [2.05, 4.69) is 65.2 Å². The predicted octanol–water partition coefficient (Wildman–Crippen LogP) is 5.70. The third-order valence-corrected chi connectivity index (χ3v) is 7.47. The second kappa shape index (κ2) is 8.36. The summed E-state index contributed by atoms with van der Waals surface area (Å²) in [5.41, 5.74) is 5.87. The van der Waals surface area contributed by atoms with Crippen LogP contribution in [-0.4, -0.2) is 43.1 Å². The maximum absolute atomic E-state index is 6.46. The Kier molecular flexibility index (Phi) is 6.08. The van der Waals surface area contributed by atoms with Crippen LogP contribution in [0.3, 0.4) is 0 Å². The molecule has 2 fully saturated rings. The van der Waals surface area contributed by atoms with Gasteiger partial charge >= 0.3 is 6.01 Å². The number of hydrogen-bond acceptors (Lipinski definition) is 7. The van der Waals surface area contributed by atoms with Crippen LogP contribution in [0.4, 0.5) is 11.9 Å². The molecule has 186 valence electrons. The lowest BCUT2D eigenvalue weighted by Gasteiger charge is -2.55. The molecule has 1 aromatic heterocycles. The van der Waals surface area contributed by atoms with Crippen LogP contribution >= 0.6 is 0 Å². The maximum atomic E-state index is 6.46. The molecule has 2 saturated heterocycles. The Morgan fingerprint density at radius 1 is 0.735 bits per heavy atom. The van der Waals surface area contributed by atoms with Gasteiger partial charge in [-0.2, -0.15) is 15.0 Å². The Morgan fingerprint density at radius 3 is 1.71 bits per heavy atom. The average molecular weight is 467 g/mol. The van der Waals surface area contributed by atoms with Crippen molar-refractivity contribution in [1.82, 2.24) is 15.0 Å². The van der Waals surface area contributed by atoms with Gasteiger partial charge in [-0.05, 0) is 99.6 Å². The molecule has 4 rings (SSSR count). The summed E-state index contributed by atoms with van der Waals surface area (Å²) in [5.74, 6) is 2.03. The summed E-state index contributed by atoms with van der Waals surface area (Å²) in [4.78, 5) is 19.6. The lowest BCUT2D eigenvalue weighted by atomic mass is 9.77. The quantitative estimate of drug-likeness (QED) is 0.619. The molecular formula is C27H42N6O. The molecule has 0 saturated carbocycles. The van der Waals surface area contributed by atoms with E-state index in [-0.39, 0.29) is 28.2 Å². The first-order chi connectivity index (χ1) is 15.7. The zero-order valence-corrected chi connectivity index (χ0v) is 22.2. The van der Waals surface area contributed by atoms with Gasteiger partial charge < -0.3 is 20.3 Å². The van der Waals surface area contributed by atoms with Gasteiger partial charge in [-0.15, -0.1) is 0 Å². The fourth-order valence-corrected chi connectivity index (χ4v) is 6.61. The minimum atomic E-state index is -0.212. The molecule has 7 nitrogen and oxygen atoms in total. The highest BCUT2D eigenvalue weighted by molar-refractivity contribution is 5.49. The molecule has 0 spiro atoms. The van der Waals surface area contributed by atoms with E-state index in [0.29, 0.717) is 23.7 Å². The number of nitrogens with zero attached hydrogens (tertiary/aromatic N) is 5. The average Bonchev–Trinajstić information content (AvgIpc) is 2.64. The molecule has 1 aromatic carbocycles. The van der Waals surface area contributed by atoms with Crippen LogP contribution in [0.25, 0.3) is 0 Å². The van der Waals surface area contributed by atoms with Crippen molar-refractivity contribution in [3.63, 3.8) is 0 Å². The van der Waals surface area contributed by atoms with E-state index in [1.165, 1.54) is 6.42 Å². The minimum absolute atomic E-state index is 0.0837. The van der Waals surface area contributed by atoms with Crippen molar-refractivity contribution in [2.75, 3.05) is 9.80 Å². The van der Waals surface area contributed by atoms with Crippen molar-refractivity contribution in [2.24, 2.45) is 5.73 Å². The fourth-order valence-electron chi connectivity index (χ4n) is 6.61. The minimum Gasteiger partial charge on any atom is -0.424 e. The predicted molar refractivity (Wildman–Crippen MR) is 139 cm³/mol. The molecule has 0 atom stereocenters. The SMILES string of the molecule is CC1(C)CCCC(C)(C)N1c1nc(Oc2ccccc2)nc(N2C(C)(C)CC(N)CC2(C)C)n1. The number of nitrogens with two attached hydrogens (primary N) is 1. The van der Waals surface area contributed by atoms with Gasteiger partial charge in [0.2, 0.25) is 11.9 Å². The number of anilines is 2. The van der Waals surface area contributed by atoms with Crippen molar-refractivity contribution in [3.05, 3.63) is 30.3 Å². The second-order valence-electron chi connectivity index (χ2n) is 12.6. The van der Waals surface area contributed by atoms with Crippen LogP contribution in [0.15, 0.2) is 30.3 Å². The van der Waals surface area contributed by atoms with Crippen LogP contribution in [0.2, 0.25) is 0 Å². The van der Waals surface area contributed by atoms with Crippen LogP contribution in [-0.2, 0) is 0 Å². The number of para-hydroxylation sites is 1. The summed E-state index contributed by atoms with van der Waals surface area (Å²) in [6, 6.07) is 10.2. The molecule has 0 aliphatic carbocycles. The molecule has 2 aliphatic rings. The van der Waals surface area contributed by atoms with E-state index >= 15 is 0 Å². The van der Waals surface area contributed by atoms with E-state index < -0.39 is 0 Å². The summed E-state index contributed by atoms with van der Waals surface area (Å²) < 4.78 is 6.19. The molecule has 2 aromatic rings. The Labute approximate surface area is 205 Å². The van der Waals surface area contributed by atoms with Gasteiger partial charge in [0.05, 0.1) is 0 Å². The second-order valence-corrected chi connectivity index (χ2v) is 12.6. The maximum Gasteiger partial charge on any atom is 0.328 e. The topological polar surface area (TPSA) is 80.4 Å². The van der Waals surface area contributed by atoms with E-state index in [1.54, 1.807) is 0 Å². The van der Waals surface area contributed by atoms with Gasteiger partial charge in [0.1, 0.15) is 5.75 Å². The summed E-state index contributed by atoms with van der Waals surface area (Å²) in [5, 5.41) is 0. The standard InChI is InChI=1S/C27H42N6O/c1-24(2)15-12-16-25(3,4)32(24)21-29-22(31-23(30-21)34-20-13-10-9-11-14-20)33-26(5,6)17-19(28)18-27(33,7)8/h9-11,13-14,19H,12,15-18,28H2,1-8H3. The van der Waals surface area contributed by atoms with E-state index in [0.717, 1.165) is 25.7 Å². The molecule has 7 heteroatoms. The molecule has 0 radical (unpaired) electrons. The smallest absolute Gasteiger partial charge is 0.328 e. The zero-order valence-electron chi connectivity index (χ0n) is 22.2. The third-order valence-electron chi connectivity index (χ3n) is 7.47. The number of ether oxygens (including phenoxy) is 1. The van der Waals surface area contributed by atoms with Crippen molar-refractivity contribution < 1.29 is 4.74 Å². The Hall–Kier alpha value is -2.41. The molecule has 2 aliphatic heterocycles. The highest BCUT2D eigenvalue weighted by Crippen LogP contribution is 2.44. The number of piperidine rings is 2. The number of aromatic nitrogens is 3. The lowest BCUT2D eigenvalue weighted by molar-refractivity contribution is 0.214. The lowest BCUT2D eigenvalue weighted by Crippen LogP contribution is -2.64. The summed E-state index contributed by atoms with van der Waals surface area (Å²) in [6.45, 7) is 18.0. The van der Waals surface area contributed by atoms with Crippen molar-refractivity contribution in [2.45, 2.75) is 116 Å². The Balaban J connectivity index is 1.87. The molecule has 0 bridgehead atoms. The molecular weight excluding hydrogens is 424 g/mol. The number of benzene rings is 1. The van der Waals surface area contributed by atoms with E-state index in [1.807, 2.05) is 30.3 Å². The van der Waals surface area contributed by atoms with Crippen molar-refractivity contribution in [1.29, 1.82) is 0 Å². The largest absolute Gasteiger partial charge is 0.424 e. The van der Waals surface area contributed by atoms with Crippen LogP contribution in [0, 0.1) is 0 Å². The van der Waals surface area contributed by atoms with Gasteiger partial charge in [0.15, 0.2) is 0 Å². The number of hydrogen-bond donors (Lipinski definition) is 1.